The van der Waals surface area contributed by atoms with E-state index >= 15 is 0 Å². The van der Waals surface area contributed by atoms with Crippen LogP contribution in [0.1, 0.15) is 23.2 Å². The molecule has 1 atom stereocenters. The highest BCUT2D eigenvalue weighted by Crippen LogP contribution is 2.36. The third-order valence-electron chi connectivity index (χ3n) is 2.72. The Bertz CT molecular complexity index is 373. The number of hydrogen-bond acceptors (Lipinski definition) is 2. The zero-order chi connectivity index (χ0) is 11.5. The molecule has 0 aromatic heterocycles. The van der Waals surface area contributed by atoms with Crippen LogP contribution >= 0.6 is 15.9 Å². The summed E-state index contributed by atoms with van der Waals surface area (Å²) in [7, 11) is 0. The maximum atomic E-state index is 11.7. The molecule has 1 aromatic carbocycles. The van der Waals surface area contributed by atoms with Gasteiger partial charge in [0.25, 0.3) is 5.91 Å². The van der Waals surface area contributed by atoms with E-state index in [1.165, 1.54) is 25.0 Å². The van der Waals surface area contributed by atoms with Crippen LogP contribution < -0.4 is 5.32 Å². The van der Waals surface area contributed by atoms with Crippen molar-refractivity contribution in [3.63, 3.8) is 0 Å². The van der Waals surface area contributed by atoms with Crippen molar-refractivity contribution >= 4 is 21.8 Å². The van der Waals surface area contributed by atoms with E-state index in [9.17, 15) is 4.79 Å². The largest absolute Gasteiger partial charge is 0.508 e. The molecular weight excluding hydrogens is 270 g/mol. The van der Waals surface area contributed by atoms with Gasteiger partial charge in [0, 0.05) is 16.9 Å². The molecule has 0 radical (unpaired) electrons. The van der Waals surface area contributed by atoms with Gasteiger partial charge in [-0.05, 0) is 43.0 Å². The average Bonchev–Trinajstić information content (AvgIpc) is 3.10. The standard InChI is InChI=1S/C12H14BrNO2/c13-11(8-1-2-8)7-14-12(16)9-3-5-10(15)6-4-9/h3-6,8,11,15H,1-2,7H2,(H,14,16). The first-order valence-corrected chi connectivity index (χ1v) is 6.29. The summed E-state index contributed by atoms with van der Waals surface area (Å²) in [5.74, 6) is 0.804. The van der Waals surface area contributed by atoms with E-state index in [0.717, 1.165) is 5.92 Å². The zero-order valence-electron chi connectivity index (χ0n) is 8.82. The summed E-state index contributed by atoms with van der Waals surface area (Å²) in [5.41, 5.74) is 0.577. The van der Waals surface area contributed by atoms with Crippen LogP contribution in [0.3, 0.4) is 0 Å². The number of rotatable bonds is 4. The topological polar surface area (TPSA) is 49.3 Å². The quantitative estimate of drug-likeness (QED) is 0.833. The molecule has 0 heterocycles. The van der Waals surface area contributed by atoms with Crippen LogP contribution in [0.15, 0.2) is 24.3 Å². The lowest BCUT2D eigenvalue weighted by Crippen LogP contribution is -2.30. The first kappa shape index (κ1) is 11.5. The second kappa shape index (κ2) is 4.87. The van der Waals surface area contributed by atoms with Crippen LogP contribution in [0.5, 0.6) is 5.75 Å². The fraction of sp³-hybridized carbons (Fsp3) is 0.417. The SMILES string of the molecule is O=C(NCC(Br)C1CC1)c1ccc(O)cc1. The van der Waals surface area contributed by atoms with E-state index in [1.807, 2.05) is 0 Å². The number of alkyl halides is 1. The highest BCUT2D eigenvalue weighted by molar-refractivity contribution is 9.09. The number of carbonyl (C=O) groups is 1. The van der Waals surface area contributed by atoms with Crippen molar-refractivity contribution in [1.29, 1.82) is 0 Å². The van der Waals surface area contributed by atoms with Gasteiger partial charge in [-0.25, -0.2) is 0 Å². The number of phenols is 1. The summed E-state index contributed by atoms with van der Waals surface area (Å²) >= 11 is 3.56. The van der Waals surface area contributed by atoms with Crippen molar-refractivity contribution in [3.05, 3.63) is 29.8 Å². The number of nitrogens with one attached hydrogen (secondary N) is 1. The van der Waals surface area contributed by atoms with Crippen molar-refractivity contribution in [2.45, 2.75) is 17.7 Å². The molecule has 1 aliphatic rings. The third-order valence-corrected chi connectivity index (χ3v) is 3.79. The summed E-state index contributed by atoms with van der Waals surface area (Å²) in [5, 5.41) is 12.0. The normalized spacial score (nSPS) is 16.8. The molecule has 1 aliphatic carbocycles. The van der Waals surface area contributed by atoms with E-state index in [4.69, 9.17) is 5.11 Å². The van der Waals surface area contributed by atoms with Crippen molar-refractivity contribution in [1.82, 2.24) is 5.32 Å². The molecule has 86 valence electrons. The van der Waals surface area contributed by atoms with Gasteiger partial charge in [0.1, 0.15) is 5.75 Å². The van der Waals surface area contributed by atoms with Crippen LogP contribution in [0.2, 0.25) is 0 Å². The van der Waals surface area contributed by atoms with Gasteiger partial charge < -0.3 is 10.4 Å². The molecule has 3 nitrogen and oxygen atoms in total. The molecule has 2 rings (SSSR count). The minimum Gasteiger partial charge on any atom is -0.508 e. The summed E-state index contributed by atoms with van der Waals surface area (Å²) in [6, 6.07) is 6.26. The zero-order valence-corrected chi connectivity index (χ0v) is 10.4. The van der Waals surface area contributed by atoms with Gasteiger partial charge in [0.15, 0.2) is 0 Å². The van der Waals surface area contributed by atoms with E-state index in [1.54, 1.807) is 12.1 Å². The highest BCUT2D eigenvalue weighted by Gasteiger charge is 2.29. The molecule has 2 N–H and O–H groups in total. The molecule has 1 fully saturated rings. The smallest absolute Gasteiger partial charge is 0.251 e. The lowest BCUT2D eigenvalue weighted by molar-refractivity contribution is 0.0953. The van der Waals surface area contributed by atoms with Crippen LogP contribution in [0.4, 0.5) is 0 Å². The van der Waals surface area contributed by atoms with Crippen molar-refractivity contribution in [3.8, 4) is 5.75 Å². The van der Waals surface area contributed by atoms with E-state index in [-0.39, 0.29) is 11.7 Å². The van der Waals surface area contributed by atoms with Crippen LogP contribution in [0, 0.1) is 5.92 Å². The number of amides is 1. The number of hydrogen-bond donors (Lipinski definition) is 2. The van der Waals surface area contributed by atoms with E-state index in [2.05, 4.69) is 21.2 Å². The lowest BCUT2D eigenvalue weighted by Gasteiger charge is -2.09. The fourth-order valence-corrected chi connectivity index (χ4v) is 2.22. The molecule has 1 aromatic rings. The molecule has 0 saturated heterocycles. The minimum absolute atomic E-state index is 0.0925. The Morgan fingerprint density at radius 2 is 2.06 bits per heavy atom. The van der Waals surface area contributed by atoms with Gasteiger partial charge in [-0.15, -0.1) is 0 Å². The first-order chi connectivity index (χ1) is 7.66. The lowest BCUT2D eigenvalue weighted by atomic mass is 10.2. The molecule has 0 bridgehead atoms. The summed E-state index contributed by atoms with van der Waals surface area (Å²) in [6.45, 7) is 0.657. The van der Waals surface area contributed by atoms with Gasteiger partial charge in [0.2, 0.25) is 0 Å². The van der Waals surface area contributed by atoms with Crippen molar-refractivity contribution in [2.24, 2.45) is 5.92 Å². The molecule has 1 amide bonds. The Balaban J connectivity index is 1.85. The maximum absolute atomic E-state index is 11.7. The Labute approximate surface area is 103 Å². The van der Waals surface area contributed by atoms with Crippen LogP contribution in [-0.2, 0) is 0 Å². The molecule has 0 aliphatic heterocycles. The fourth-order valence-electron chi connectivity index (χ4n) is 1.53. The first-order valence-electron chi connectivity index (χ1n) is 5.38. The highest BCUT2D eigenvalue weighted by atomic mass is 79.9. The predicted molar refractivity (Wildman–Crippen MR) is 65.9 cm³/mol. The molecule has 1 unspecified atom stereocenters. The average molecular weight is 284 g/mol. The Morgan fingerprint density at radius 3 is 2.62 bits per heavy atom. The second-order valence-corrected chi connectivity index (χ2v) is 5.29. The Morgan fingerprint density at radius 1 is 1.44 bits per heavy atom. The molecular formula is C12H14BrNO2. The number of benzene rings is 1. The van der Waals surface area contributed by atoms with E-state index in [0.29, 0.717) is 16.9 Å². The van der Waals surface area contributed by atoms with Gasteiger partial charge in [0.05, 0.1) is 0 Å². The number of aromatic hydroxyl groups is 1. The molecule has 1 saturated carbocycles. The number of carbonyl (C=O) groups excluding carboxylic acids is 1. The summed E-state index contributed by atoms with van der Waals surface area (Å²) < 4.78 is 0. The molecule has 0 spiro atoms. The predicted octanol–water partition coefficient (Wildman–Crippen LogP) is 2.30. The van der Waals surface area contributed by atoms with Gasteiger partial charge >= 0.3 is 0 Å². The van der Waals surface area contributed by atoms with Gasteiger partial charge in [-0.3, -0.25) is 4.79 Å². The Kier molecular flexibility index (Phi) is 3.49. The van der Waals surface area contributed by atoms with E-state index < -0.39 is 0 Å². The molecule has 4 heteroatoms. The second-order valence-electron chi connectivity index (χ2n) is 4.11. The third kappa shape index (κ3) is 2.98. The number of halogens is 1. The maximum Gasteiger partial charge on any atom is 0.251 e. The number of phenolic OH excluding ortho intramolecular Hbond substituents is 1. The minimum atomic E-state index is -0.0925. The van der Waals surface area contributed by atoms with Gasteiger partial charge in [-0.1, -0.05) is 15.9 Å². The summed E-state index contributed by atoms with van der Waals surface area (Å²) in [4.78, 5) is 12.1. The molecule has 16 heavy (non-hydrogen) atoms. The van der Waals surface area contributed by atoms with Crippen LogP contribution in [-0.4, -0.2) is 22.4 Å². The van der Waals surface area contributed by atoms with Crippen molar-refractivity contribution in [2.75, 3.05) is 6.54 Å². The van der Waals surface area contributed by atoms with Gasteiger partial charge in [-0.2, -0.15) is 0 Å². The van der Waals surface area contributed by atoms with Crippen molar-refractivity contribution < 1.29 is 9.90 Å². The van der Waals surface area contributed by atoms with Crippen LogP contribution in [0.25, 0.3) is 0 Å². The summed E-state index contributed by atoms with van der Waals surface area (Å²) in [6.07, 6.45) is 2.51. The monoisotopic (exact) mass is 283 g/mol. The Hall–Kier alpha value is -1.03.